The highest BCUT2D eigenvalue weighted by Gasteiger charge is 2.28. The molecule has 0 unspecified atom stereocenters. The number of rotatable bonds is 7. The number of hydrogen-bond donors (Lipinski definition) is 2. The van der Waals surface area contributed by atoms with Gasteiger partial charge in [0.2, 0.25) is 11.8 Å². The number of anilines is 2. The Labute approximate surface area is 250 Å². The molecule has 1 saturated heterocycles. The van der Waals surface area contributed by atoms with Gasteiger partial charge in [0.05, 0.1) is 18.3 Å². The summed E-state index contributed by atoms with van der Waals surface area (Å²) in [4.78, 5) is 44.9. The van der Waals surface area contributed by atoms with Gasteiger partial charge in [0.1, 0.15) is 18.8 Å². The molecule has 0 spiro atoms. The number of nitrogens with zero attached hydrogens (tertiary/aromatic N) is 2. The van der Waals surface area contributed by atoms with E-state index in [1.807, 2.05) is 39.0 Å². The van der Waals surface area contributed by atoms with E-state index in [1.165, 1.54) is 7.11 Å². The number of amides is 3. The van der Waals surface area contributed by atoms with Gasteiger partial charge in [-0.3, -0.25) is 9.59 Å². The zero-order valence-corrected chi connectivity index (χ0v) is 25.0. The van der Waals surface area contributed by atoms with E-state index in [1.54, 1.807) is 29.2 Å². The highest BCUT2D eigenvalue weighted by molar-refractivity contribution is 6.02. The molecule has 11 nitrogen and oxygen atoms in total. The van der Waals surface area contributed by atoms with Crippen molar-refractivity contribution in [2.75, 3.05) is 44.0 Å². The van der Waals surface area contributed by atoms with Crippen LogP contribution in [-0.2, 0) is 20.7 Å². The molecule has 1 fully saturated rings. The monoisotopic (exact) mass is 590 g/mol. The van der Waals surface area contributed by atoms with Gasteiger partial charge in [-0.2, -0.15) is 0 Å². The fourth-order valence-electron chi connectivity index (χ4n) is 5.22. The molecular weight excluding hydrogens is 552 g/mol. The van der Waals surface area contributed by atoms with Crippen molar-refractivity contribution in [3.63, 3.8) is 0 Å². The lowest BCUT2D eigenvalue weighted by Gasteiger charge is -2.31. The third-order valence-corrected chi connectivity index (χ3v) is 7.35. The number of piperidine rings is 1. The van der Waals surface area contributed by atoms with Crippen LogP contribution in [0.25, 0.3) is 10.9 Å². The molecule has 3 amide bonds. The highest BCUT2D eigenvalue weighted by atomic mass is 16.6. The molecule has 2 aromatic carbocycles. The molecule has 0 bridgehead atoms. The van der Waals surface area contributed by atoms with Crippen LogP contribution in [0.5, 0.6) is 17.4 Å². The zero-order chi connectivity index (χ0) is 30.6. The van der Waals surface area contributed by atoms with Crippen LogP contribution in [0.3, 0.4) is 0 Å². The smallest absolute Gasteiger partial charge is 0.321 e. The summed E-state index contributed by atoms with van der Waals surface area (Å²) in [6, 6.07) is 12.5. The Morgan fingerprint density at radius 1 is 0.977 bits per heavy atom. The van der Waals surface area contributed by atoms with Gasteiger partial charge < -0.3 is 34.5 Å². The minimum absolute atomic E-state index is 0.126. The normalized spacial score (nSPS) is 15.1. The van der Waals surface area contributed by atoms with Gasteiger partial charge in [0.25, 0.3) is 0 Å². The van der Waals surface area contributed by atoms with Crippen molar-refractivity contribution in [2.24, 2.45) is 5.92 Å². The maximum atomic E-state index is 13.3. The van der Waals surface area contributed by atoms with E-state index < -0.39 is 5.60 Å². The van der Waals surface area contributed by atoms with Gasteiger partial charge in [-0.05, 0) is 69.9 Å². The summed E-state index contributed by atoms with van der Waals surface area (Å²) in [7, 11) is 1.54. The van der Waals surface area contributed by atoms with Crippen molar-refractivity contribution < 1.29 is 33.3 Å². The lowest BCUT2D eigenvalue weighted by molar-refractivity contribution is -0.154. The van der Waals surface area contributed by atoms with Crippen LogP contribution in [0.2, 0.25) is 0 Å². The van der Waals surface area contributed by atoms with Gasteiger partial charge in [-0.15, -0.1) is 0 Å². The Balaban J connectivity index is 1.20. The van der Waals surface area contributed by atoms with Crippen LogP contribution in [0.4, 0.5) is 16.2 Å². The third-order valence-electron chi connectivity index (χ3n) is 7.35. The maximum absolute atomic E-state index is 13.3. The van der Waals surface area contributed by atoms with Crippen LogP contribution in [0.1, 0.15) is 45.6 Å². The molecule has 228 valence electrons. The molecule has 3 heterocycles. The van der Waals surface area contributed by atoms with Crippen molar-refractivity contribution in [3.05, 3.63) is 48.0 Å². The first-order valence-electron chi connectivity index (χ1n) is 14.5. The number of carbonyl (C=O) groups excluding carboxylic acids is 3. The number of pyridine rings is 1. The van der Waals surface area contributed by atoms with Crippen molar-refractivity contribution >= 4 is 40.2 Å². The lowest BCUT2D eigenvalue weighted by atomic mass is 9.95. The molecule has 0 atom stereocenters. The Kier molecular flexibility index (Phi) is 8.89. The number of carbonyl (C=O) groups is 3. The molecule has 0 saturated carbocycles. The SMILES string of the molecule is COc1ccc2c(CCC(=O)OC(C)(C)C)ccc(NC(=O)C3CCN(C(=O)Nc4ccc5c(c4)OCCO5)CC3)c2n1. The summed E-state index contributed by atoms with van der Waals surface area (Å²) in [5.74, 6) is 1.03. The van der Waals surface area contributed by atoms with E-state index >= 15 is 0 Å². The first-order valence-corrected chi connectivity index (χ1v) is 14.5. The van der Waals surface area contributed by atoms with E-state index in [2.05, 4.69) is 15.6 Å². The second-order valence-corrected chi connectivity index (χ2v) is 11.6. The number of methoxy groups -OCH3 is 1. The topological polar surface area (TPSA) is 128 Å². The largest absolute Gasteiger partial charge is 0.486 e. The van der Waals surface area contributed by atoms with E-state index in [4.69, 9.17) is 18.9 Å². The minimum atomic E-state index is -0.547. The van der Waals surface area contributed by atoms with E-state index in [0.29, 0.717) is 79.8 Å². The summed E-state index contributed by atoms with van der Waals surface area (Å²) in [5, 5.41) is 6.79. The maximum Gasteiger partial charge on any atom is 0.321 e. The number of urea groups is 1. The Hall–Kier alpha value is -4.54. The van der Waals surface area contributed by atoms with E-state index in [-0.39, 0.29) is 30.2 Å². The van der Waals surface area contributed by atoms with Crippen LogP contribution in [0.15, 0.2) is 42.5 Å². The van der Waals surface area contributed by atoms with Gasteiger partial charge in [-0.1, -0.05) is 6.07 Å². The Bertz CT molecular complexity index is 1510. The van der Waals surface area contributed by atoms with Crippen molar-refractivity contribution in [1.82, 2.24) is 9.88 Å². The number of benzene rings is 2. The first-order chi connectivity index (χ1) is 20.6. The van der Waals surface area contributed by atoms with E-state index in [9.17, 15) is 14.4 Å². The van der Waals surface area contributed by atoms with Crippen LogP contribution in [-0.4, -0.2) is 66.8 Å². The minimum Gasteiger partial charge on any atom is -0.486 e. The zero-order valence-electron chi connectivity index (χ0n) is 25.0. The highest BCUT2D eigenvalue weighted by Crippen LogP contribution is 2.33. The quantitative estimate of drug-likeness (QED) is 0.361. The molecule has 2 aliphatic rings. The standard InChI is InChI=1S/C32H38N4O7/c1-32(2,3)43-28(37)12-6-20-5-9-24(29-23(20)8-11-27(35-29)40-4)34-30(38)21-13-15-36(16-14-21)31(39)33-22-7-10-25-26(19-22)42-18-17-41-25/h5,7-11,19,21H,6,12-18H2,1-4H3,(H,33,39)(H,34,38). The van der Waals surface area contributed by atoms with Crippen LogP contribution < -0.4 is 24.8 Å². The van der Waals surface area contributed by atoms with Crippen molar-refractivity contribution in [1.29, 1.82) is 0 Å². The molecule has 43 heavy (non-hydrogen) atoms. The molecular formula is C32H38N4O7. The Morgan fingerprint density at radius 2 is 1.72 bits per heavy atom. The predicted molar refractivity (Wildman–Crippen MR) is 162 cm³/mol. The van der Waals surface area contributed by atoms with E-state index in [0.717, 1.165) is 10.9 Å². The molecule has 3 aromatic rings. The van der Waals surface area contributed by atoms with Crippen molar-refractivity contribution in [3.8, 4) is 17.4 Å². The number of esters is 1. The molecule has 5 rings (SSSR count). The number of fused-ring (bicyclic) bond motifs is 2. The number of likely N-dealkylation sites (tertiary alicyclic amines) is 1. The summed E-state index contributed by atoms with van der Waals surface area (Å²) < 4.78 is 21.9. The number of hydrogen-bond acceptors (Lipinski definition) is 8. The Morgan fingerprint density at radius 3 is 2.44 bits per heavy atom. The number of aryl methyl sites for hydroxylation is 1. The summed E-state index contributed by atoms with van der Waals surface area (Å²) in [6.45, 7) is 7.40. The van der Waals surface area contributed by atoms with Crippen LogP contribution >= 0.6 is 0 Å². The van der Waals surface area contributed by atoms with Gasteiger partial charge in [-0.25, -0.2) is 9.78 Å². The van der Waals surface area contributed by atoms with Gasteiger partial charge in [0, 0.05) is 48.6 Å². The average molecular weight is 591 g/mol. The first kappa shape index (κ1) is 29.9. The summed E-state index contributed by atoms with van der Waals surface area (Å²) >= 11 is 0. The molecule has 1 aromatic heterocycles. The predicted octanol–water partition coefficient (Wildman–Crippen LogP) is 5.17. The number of aromatic nitrogens is 1. The fourth-order valence-corrected chi connectivity index (χ4v) is 5.22. The fraction of sp³-hybridized carbons (Fsp3) is 0.438. The summed E-state index contributed by atoms with van der Waals surface area (Å²) in [5.41, 5.74) is 2.16. The number of ether oxygens (including phenoxy) is 4. The molecule has 11 heteroatoms. The molecule has 0 aliphatic carbocycles. The molecule has 2 aliphatic heterocycles. The number of nitrogens with one attached hydrogen (secondary N) is 2. The van der Waals surface area contributed by atoms with Gasteiger partial charge in [0.15, 0.2) is 11.5 Å². The van der Waals surface area contributed by atoms with Crippen molar-refractivity contribution in [2.45, 2.75) is 52.1 Å². The third kappa shape index (κ3) is 7.46. The second kappa shape index (κ2) is 12.8. The lowest BCUT2D eigenvalue weighted by Crippen LogP contribution is -2.43. The van der Waals surface area contributed by atoms with Gasteiger partial charge >= 0.3 is 12.0 Å². The molecule has 0 radical (unpaired) electrons. The average Bonchev–Trinajstić information content (AvgIpc) is 2.99. The molecule has 2 N–H and O–H groups in total. The second-order valence-electron chi connectivity index (χ2n) is 11.6. The summed E-state index contributed by atoms with van der Waals surface area (Å²) in [6.07, 6.45) is 1.76. The van der Waals surface area contributed by atoms with Crippen LogP contribution in [0, 0.1) is 5.92 Å².